The van der Waals surface area contributed by atoms with E-state index in [1.807, 2.05) is 24.1 Å². The molecule has 20 heavy (non-hydrogen) atoms. The van der Waals surface area contributed by atoms with Gasteiger partial charge in [0, 0.05) is 19.4 Å². The fourth-order valence-electron chi connectivity index (χ4n) is 2.19. The van der Waals surface area contributed by atoms with Crippen molar-refractivity contribution in [1.82, 2.24) is 24.6 Å². The number of aromatic nitrogens is 4. The smallest absolute Gasteiger partial charge is 0.123 e. The van der Waals surface area contributed by atoms with Crippen molar-refractivity contribution in [3.63, 3.8) is 0 Å². The zero-order chi connectivity index (χ0) is 14.5. The lowest BCUT2D eigenvalue weighted by Crippen LogP contribution is -2.21. The molecule has 0 aliphatic rings. The van der Waals surface area contributed by atoms with Gasteiger partial charge in [-0.25, -0.2) is 4.98 Å². The fraction of sp³-hybridized carbons (Fsp3) is 0.600. The molecule has 0 saturated heterocycles. The SMILES string of the molecule is CCc1cc(Cn2ccnc2CNCC(C)C)n(C)n1. The molecular weight excluding hydrogens is 250 g/mol. The summed E-state index contributed by atoms with van der Waals surface area (Å²) in [5.41, 5.74) is 2.35. The van der Waals surface area contributed by atoms with Gasteiger partial charge in [0.15, 0.2) is 0 Å². The van der Waals surface area contributed by atoms with Gasteiger partial charge in [0.2, 0.25) is 0 Å². The third-order valence-corrected chi connectivity index (χ3v) is 3.36. The molecule has 2 aromatic heterocycles. The van der Waals surface area contributed by atoms with Crippen molar-refractivity contribution in [3.8, 4) is 0 Å². The first-order chi connectivity index (χ1) is 9.60. The maximum Gasteiger partial charge on any atom is 0.123 e. The van der Waals surface area contributed by atoms with Crippen LogP contribution in [0.2, 0.25) is 0 Å². The van der Waals surface area contributed by atoms with Crippen molar-refractivity contribution in [3.05, 3.63) is 35.7 Å². The summed E-state index contributed by atoms with van der Waals surface area (Å²) in [6, 6.07) is 2.17. The Morgan fingerprint density at radius 1 is 1.35 bits per heavy atom. The van der Waals surface area contributed by atoms with Crippen molar-refractivity contribution in [2.24, 2.45) is 13.0 Å². The molecule has 0 saturated carbocycles. The molecule has 110 valence electrons. The van der Waals surface area contributed by atoms with E-state index in [0.29, 0.717) is 5.92 Å². The fourth-order valence-corrected chi connectivity index (χ4v) is 2.19. The van der Waals surface area contributed by atoms with Gasteiger partial charge in [-0.1, -0.05) is 20.8 Å². The van der Waals surface area contributed by atoms with Crippen molar-refractivity contribution in [2.45, 2.75) is 40.3 Å². The minimum Gasteiger partial charge on any atom is -0.328 e. The molecule has 0 unspecified atom stereocenters. The third-order valence-electron chi connectivity index (χ3n) is 3.36. The van der Waals surface area contributed by atoms with E-state index in [2.05, 4.69) is 46.8 Å². The topological polar surface area (TPSA) is 47.7 Å². The molecule has 0 bridgehead atoms. The largest absolute Gasteiger partial charge is 0.328 e. The van der Waals surface area contributed by atoms with Crippen molar-refractivity contribution >= 4 is 0 Å². The Bertz CT molecular complexity index is 538. The summed E-state index contributed by atoms with van der Waals surface area (Å²) in [7, 11) is 2.00. The maximum absolute atomic E-state index is 4.49. The van der Waals surface area contributed by atoms with Gasteiger partial charge in [-0.3, -0.25) is 4.68 Å². The molecule has 0 radical (unpaired) electrons. The minimum absolute atomic E-state index is 0.655. The van der Waals surface area contributed by atoms with Crippen LogP contribution < -0.4 is 5.32 Å². The number of rotatable bonds is 7. The van der Waals surface area contributed by atoms with Crippen LogP contribution in [0.5, 0.6) is 0 Å². The van der Waals surface area contributed by atoms with Gasteiger partial charge in [0.1, 0.15) is 5.82 Å². The average molecular weight is 275 g/mol. The van der Waals surface area contributed by atoms with Crippen LogP contribution in [0.4, 0.5) is 0 Å². The maximum atomic E-state index is 4.49. The molecule has 5 nitrogen and oxygen atoms in total. The molecule has 5 heteroatoms. The Labute approximate surface area is 121 Å². The van der Waals surface area contributed by atoms with Crippen LogP contribution in [0.3, 0.4) is 0 Å². The van der Waals surface area contributed by atoms with Crippen LogP contribution in [0.25, 0.3) is 0 Å². The van der Waals surface area contributed by atoms with Gasteiger partial charge in [0.25, 0.3) is 0 Å². The number of hydrogen-bond donors (Lipinski definition) is 1. The van der Waals surface area contributed by atoms with Gasteiger partial charge in [-0.15, -0.1) is 0 Å². The zero-order valence-corrected chi connectivity index (χ0v) is 12.9. The van der Waals surface area contributed by atoms with Crippen LogP contribution in [0.15, 0.2) is 18.5 Å². The molecule has 0 fully saturated rings. The molecule has 0 amide bonds. The van der Waals surface area contributed by atoms with E-state index < -0.39 is 0 Å². The third kappa shape index (κ3) is 3.70. The first-order valence-electron chi connectivity index (χ1n) is 7.32. The average Bonchev–Trinajstić information content (AvgIpc) is 2.97. The van der Waals surface area contributed by atoms with E-state index in [1.165, 1.54) is 5.69 Å². The molecule has 2 heterocycles. The zero-order valence-electron chi connectivity index (χ0n) is 12.9. The van der Waals surface area contributed by atoms with Gasteiger partial charge in [0.05, 0.1) is 24.5 Å². The molecule has 0 aromatic carbocycles. The first-order valence-corrected chi connectivity index (χ1v) is 7.32. The Balaban J connectivity index is 2.02. The predicted octanol–water partition coefficient (Wildman–Crippen LogP) is 1.97. The Hall–Kier alpha value is -1.62. The van der Waals surface area contributed by atoms with E-state index in [9.17, 15) is 0 Å². The van der Waals surface area contributed by atoms with Crippen LogP contribution in [-0.4, -0.2) is 25.9 Å². The van der Waals surface area contributed by atoms with E-state index in [-0.39, 0.29) is 0 Å². The summed E-state index contributed by atoms with van der Waals surface area (Å²) in [5.74, 6) is 1.73. The van der Waals surface area contributed by atoms with Crippen LogP contribution >= 0.6 is 0 Å². The Morgan fingerprint density at radius 2 is 2.15 bits per heavy atom. The summed E-state index contributed by atoms with van der Waals surface area (Å²) in [6.45, 7) is 9.19. The quantitative estimate of drug-likeness (QED) is 0.840. The molecule has 2 rings (SSSR count). The second kappa shape index (κ2) is 6.70. The summed E-state index contributed by atoms with van der Waals surface area (Å²) < 4.78 is 4.15. The van der Waals surface area contributed by atoms with Gasteiger partial charge in [-0.2, -0.15) is 5.10 Å². The molecule has 0 atom stereocenters. The lowest BCUT2D eigenvalue weighted by molar-refractivity contribution is 0.530. The highest BCUT2D eigenvalue weighted by Crippen LogP contribution is 2.08. The van der Waals surface area contributed by atoms with E-state index in [0.717, 1.165) is 37.6 Å². The van der Waals surface area contributed by atoms with Crippen molar-refractivity contribution in [1.29, 1.82) is 0 Å². The number of nitrogens with one attached hydrogen (secondary N) is 1. The van der Waals surface area contributed by atoms with Crippen LogP contribution in [-0.2, 0) is 26.6 Å². The lowest BCUT2D eigenvalue weighted by atomic mass is 10.2. The van der Waals surface area contributed by atoms with Crippen molar-refractivity contribution < 1.29 is 0 Å². The van der Waals surface area contributed by atoms with E-state index in [4.69, 9.17) is 0 Å². The van der Waals surface area contributed by atoms with Gasteiger partial charge in [-0.05, 0) is 24.9 Å². The number of aryl methyl sites for hydroxylation is 2. The van der Waals surface area contributed by atoms with Gasteiger partial charge < -0.3 is 9.88 Å². The van der Waals surface area contributed by atoms with Gasteiger partial charge >= 0.3 is 0 Å². The van der Waals surface area contributed by atoms with E-state index >= 15 is 0 Å². The van der Waals surface area contributed by atoms with Crippen molar-refractivity contribution in [2.75, 3.05) is 6.54 Å². The second-order valence-corrected chi connectivity index (χ2v) is 5.60. The summed E-state index contributed by atoms with van der Waals surface area (Å²) in [5, 5.41) is 7.93. The Kier molecular flexibility index (Phi) is 4.95. The van der Waals surface area contributed by atoms with Crippen LogP contribution in [0, 0.1) is 5.92 Å². The molecule has 2 aromatic rings. The monoisotopic (exact) mass is 275 g/mol. The molecule has 1 N–H and O–H groups in total. The molecule has 0 spiro atoms. The summed E-state index contributed by atoms with van der Waals surface area (Å²) in [6.07, 6.45) is 4.87. The minimum atomic E-state index is 0.655. The molecule has 0 aliphatic heterocycles. The molecule has 0 aliphatic carbocycles. The highest BCUT2D eigenvalue weighted by molar-refractivity contribution is 5.11. The normalized spacial score (nSPS) is 11.4. The highest BCUT2D eigenvalue weighted by Gasteiger charge is 2.08. The second-order valence-electron chi connectivity index (χ2n) is 5.60. The summed E-state index contributed by atoms with van der Waals surface area (Å²) in [4.78, 5) is 4.44. The summed E-state index contributed by atoms with van der Waals surface area (Å²) >= 11 is 0. The number of imidazole rings is 1. The lowest BCUT2D eigenvalue weighted by Gasteiger charge is -2.10. The number of hydrogen-bond acceptors (Lipinski definition) is 3. The first kappa shape index (κ1) is 14.8. The predicted molar refractivity (Wildman–Crippen MR) is 80.5 cm³/mol. The Morgan fingerprint density at radius 3 is 2.80 bits per heavy atom. The standard InChI is InChI=1S/C15H25N5/c1-5-13-8-14(19(4)18-13)11-20-7-6-17-15(20)10-16-9-12(2)3/h6-8,12,16H,5,9-11H2,1-4H3. The van der Waals surface area contributed by atoms with Crippen LogP contribution in [0.1, 0.15) is 38.0 Å². The molecular formula is C15H25N5. The highest BCUT2D eigenvalue weighted by atomic mass is 15.3. The van der Waals surface area contributed by atoms with E-state index in [1.54, 1.807) is 0 Å². The number of nitrogens with zero attached hydrogens (tertiary/aromatic N) is 4.